The van der Waals surface area contributed by atoms with Crippen molar-refractivity contribution < 1.29 is 13.9 Å². The van der Waals surface area contributed by atoms with Crippen LogP contribution < -0.4 is 10.1 Å². The number of hydrogen-bond acceptors (Lipinski definition) is 4. The maximum absolute atomic E-state index is 12.4. The summed E-state index contributed by atoms with van der Waals surface area (Å²) < 4.78 is 11.7. The number of nitrogens with one attached hydrogen (secondary N) is 1. The molecule has 1 N–H and O–H groups in total. The highest BCUT2D eigenvalue weighted by Crippen LogP contribution is 2.27. The molecule has 0 unspecified atom stereocenters. The molecule has 1 heterocycles. The van der Waals surface area contributed by atoms with Crippen molar-refractivity contribution in [2.75, 3.05) is 11.9 Å². The number of anilines is 1. The number of fused-ring (bicyclic) bond motifs is 1. The van der Waals surface area contributed by atoms with Crippen LogP contribution in [0.15, 0.2) is 59.0 Å². The quantitative estimate of drug-likeness (QED) is 0.355. The van der Waals surface area contributed by atoms with Gasteiger partial charge in [-0.25, -0.2) is 4.98 Å². The van der Waals surface area contributed by atoms with Crippen molar-refractivity contribution in [1.82, 2.24) is 4.98 Å². The fourth-order valence-corrected chi connectivity index (χ4v) is 3.77. The van der Waals surface area contributed by atoms with Crippen LogP contribution in [0.2, 0.25) is 0 Å². The van der Waals surface area contributed by atoms with Crippen molar-refractivity contribution in [1.29, 1.82) is 0 Å². The number of ether oxygens (including phenoxy) is 1. The highest BCUT2D eigenvalue weighted by molar-refractivity contribution is 5.91. The number of amides is 1. The Labute approximate surface area is 194 Å². The van der Waals surface area contributed by atoms with Crippen LogP contribution in [0.1, 0.15) is 53.5 Å². The minimum absolute atomic E-state index is 0.0351. The highest BCUT2D eigenvalue weighted by Gasteiger charge is 2.12. The van der Waals surface area contributed by atoms with Crippen molar-refractivity contribution >= 4 is 22.7 Å². The second-order valence-corrected chi connectivity index (χ2v) is 8.92. The van der Waals surface area contributed by atoms with E-state index in [1.54, 1.807) is 0 Å². The first-order chi connectivity index (χ1) is 15.8. The molecule has 0 fully saturated rings. The van der Waals surface area contributed by atoms with Gasteiger partial charge in [-0.1, -0.05) is 38.1 Å². The summed E-state index contributed by atoms with van der Waals surface area (Å²) >= 11 is 0. The first-order valence-corrected chi connectivity index (χ1v) is 11.3. The van der Waals surface area contributed by atoms with Gasteiger partial charge in [-0.2, -0.15) is 0 Å². The molecule has 0 atom stereocenters. The average molecular weight is 443 g/mol. The third-order valence-electron chi connectivity index (χ3n) is 5.79. The fourth-order valence-electron chi connectivity index (χ4n) is 3.77. The van der Waals surface area contributed by atoms with E-state index in [4.69, 9.17) is 9.15 Å². The molecule has 0 aliphatic carbocycles. The summed E-state index contributed by atoms with van der Waals surface area (Å²) in [5, 5.41) is 2.90. The van der Waals surface area contributed by atoms with Crippen LogP contribution in [0.4, 0.5) is 5.69 Å². The van der Waals surface area contributed by atoms with E-state index in [0.717, 1.165) is 39.2 Å². The summed E-state index contributed by atoms with van der Waals surface area (Å²) in [6, 6.07) is 17.9. The molecule has 3 aromatic carbocycles. The fraction of sp³-hybridized carbons (Fsp3) is 0.286. The van der Waals surface area contributed by atoms with Gasteiger partial charge in [0.05, 0.1) is 0 Å². The Morgan fingerprint density at radius 1 is 1.00 bits per heavy atom. The molecule has 5 heteroatoms. The van der Waals surface area contributed by atoms with Gasteiger partial charge in [0.2, 0.25) is 0 Å². The van der Waals surface area contributed by atoms with Crippen LogP contribution in [0.25, 0.3) is 11.1 Å². The Hall–Kier alpha value is -3.60. The molecule has 0 aliphatic rings. The molecule has 0 spiro atoms. The van der Waals surface area contributed by atoms with E-state index in [1.165, 1.54) is 11.1 Å². The Kier molecular flexibility index (Phi) is 6.50. The van der Waals surface area contributed by atoms with E-state index in [9.17, 15) is 4.79 Å². The van der Waals surface area contributed by atoms with E-state index < -0.39 is 0 Å². The van der Waals surface area contributed by atoms with Gasteiger partial charge >= 0.3 is 0 Å². The molecule has 1 aromatic heterocycles. The summed E-state index contributed by atoms with van der Waals surface area (Å²) in [5.74, 6) is 1.58. The minimum Gasteiger partial charge on any atom is -0.483 e. The van der Waals surface area contributed by atoms with Gasteiger partial charge in [-0.15, -0.1) is 0 Å². The second kappa shape index (κ2) is 9.49. The van der Waals surface area contributed by atoms with E-state index in [0.29, 0.717) is 18.2 Å². The van der Waals surface area contributed by atoms with E-state index in [-0.39, 0.29) is 12.5 Å². The number of carbonyl (C=O) groups excluding carboxylic acids is 1. The number of oxazole rings is 1. The summed E-state index contributed by atoms with van der Waals surface area (Å²) in [7, 11) is 0. The van der Waals surface area contributed by atoms with Gasteiger partial charge in [-0.3, -0.25) is 4.79 Å². The molecule has 5 nitrogen and oxygen atoms in total. The van der Waals surface area contributed by atoms with Gasteiger partial charge in [0.15, 0.2) is 18.1 Å². The van der Waals surface area contributed by atoms with Crippen molar-refractivity contribution in [3.63, 3.8) is 0 Å². The number of hydrogen-bond donors (Lipinski definition) is 1. The number of nitrogens with zero attached hydrogens (tertiary/aromatic N) is 1. The van der Waals surface area contributed by atoms with Crippen molar-refractivity contribution in [3.8, 4) is 5.75 Å². The summed E-state index contributed by atoms with van der Waals surface area (Å²) in [6.07, 6.45) is 0.593. The molecule has 1 amide bonds. The summed E-state index contributed by atoms with van der Waals surface area (Å²) in [4.78, 5) is 17.0. The van der Waals surface area contributed by atoms with E-state index >= 15 is 0 Å². The maximum Gasteiger partial charge on any atom is 0.262 e. The Bertz CT molecular complexity index is 1250. The van der Waals surface area contributed by atoms with Crippen LogP contribution in [-0.4, -0.2) is 17.5 Å². The van der Waals surface area contributed by atoms with Gasteiger partial charge in [-0.05, 0) is 84.8 Å². The molecule has 0 bridgehead atoms. The molecule has 4 aromatic rings. The Morgan fingerprint density at radius 2 is 1.73 bits per heavy atom. The van der Waals surface area contributed by atoms with Crippen LogP contribution in [0.3, 0.4) is 0 Å². The number of rotatable bonds is 7. The van der Waals surface area contributed by atoms with Crippen LogP contribution in [0.5, 0.6) is 5.75 Å². The highest BCUT2D eigenvalue weighted by atomic mass is 16.5. The molecule has 4 rings (SSSR count). The summed E-state index contributed by atoms with van der Waals surface area (Å²) in [6.45, 7) is 10.4. The van der Waals surface area contributed by atoms with Crippen molar-refractivity contribution in [2.24, 2.45) is 0 Å². The lowest BCUT2D eigenvalue weighted by molar-refractivity contribution is -0.118. The SMILES string of the molecule is Cc1ccc(C(C)C)c(OCC(=O)Nc2ccc(Cc3nc4cc(C)c(C)cc4o3)cc2)c1. The standard InChI is InChI=1S/C28H30N2O3/c1-17(2)23-11-6-18(3)12-25(23)32-16-27(31)29-22-9-7-21(8-10-22)15-28-30-24-13-19(4)20(5)14-26(24)33-28/h6-14,17H,15-16H2,1-5H3,(H,29,31). The molecule has 0 aliphatic heterocycles. The lowest BCUT2D eigenvalue weighted by Gasteiger charge is -2.15. The van der Waals surface area contributed by atoms with Crippen LogP contribution in [-0.2, 0) is 11.2 Å². The van der Waals surface area contributed by atoms with Gasteiger partial charge < -0.3 is 14.5 Å². The minimum atomic E-state index is -0.191. The Morgan fingerprint density at radius 3 is 2.45 bits per heavy atom. The van der Waals surface area contributed by atoms with Gasteiger partial charge in [0.1, 0.15) is 11.3 Å². The summed E-state index contributed by atoms with van der Waals surface area (Å²) in [5.41, 5.74) is 8.08. The zero-order chi connectivity index (χ0) is 23.5. The number of benzene rings is 3. The maximum atomic E-state index is 12.4. The number of aromatic nitrogens is 1. The predicted octanol–water partition coefficient (Wildman–Crippen LogP) is 6.48. The Balaban J connectivity index is 1.36. The van der Waals surface area contributed by atoms with Crippen LogP contribution in [0, 0.1) is 20.8 Å². The lowest BCUT2D eigenvalue weighted by atomic mass is 10.0. The second-order valence-electron chi connectivity index (χ2n) is 8.92. The normalized spacial score (nSPS) is 11.2. The third-order valence-corrected chi connectivity index (χ3v) is 5.79. The van der Waals surface area contributed by atoms with Crippen molar-refractivity contribution in [2.45, 2.75) is 47.0 Å². The zero-order valence-corrected chi connectivity index (χ0v) is 19.9. The molecule has 0 saturated heterocycles. The molecule has 0 saturated carbocycles. The average Bonchev–Trinajstić information content (AvgIpc) is 3.14. The van der Waals surface area contributed by atoms with E-state index in [1.807, 2.05) is 43.3 Å². The molecular formula is C28H30N2O3. The third kappa shape index (κ3) is 5.43. The topological polar surface area (TPSA) is 64.4 Å². The largest absolute Gasteiger partial charge is 0.483 e. The smallest absolute Gasteiger partial charge is 0.262 e. The molecule has 33 heavy (non-hydrogen) atoms. The number of carbonyl (C=O) groups is 1. The van der Waals surface area contributed by atoms with Gasteiger partial charge in [0, 0.05) is 12.1 Å². The number of aryl methyl sites for hydroxylation is 3. The van der Waals surface area contributed by atoms with Crippen LogP contribution >= 0.6 is 0 Å². The zero-order valence-electron chi connectivity index (χ0n) is 19.9. The van der Waals surface area contributed by atoms with Crippen molar-refractivity contribution in [3.05, 3.63) is 88.3 Å². The van der Waals surface area contributed by atoms with E-state index in [2.05, 4.69) is 56.2 Å². The monoisotopic (exact) mass is 442 g/mol. The van der Waals surface area contributed by atoms with Gasteiger partial charge in [0.25, 0.3) is 5.91 Å². The molecule has 170 valence electrons. The lowest BCUT2D eigenvalue weighted by Crippen LogP contribution is -2.20. The molecule has 0 radical (unpaired) electrons. The first-order valence-electron chi connectivity index (χ1n) is 11.3. The molecular weight excluding hydrogens is 412 g/mol. The predicted molar refractivity (Wildman–Crippen MR) is 132 cm³/mol. The first kappa shape index (κ1) is 22.6.